The Hall–Kier alpha value is -3.76. The largest absolute Gasteiger partial charge is 0.657 e. The van der Waals surface area contributed by atoms with Crippen molar-refractivity contribution >= 4 is 34.1 Å². The summed E-state index contributed by atoms with van der Waals surface area (Å²) >= 11 is 0. The predicted octanol–water partition coefficient (Wildman–Crippen LogP) is 10.4. The fourth-order valence-electron chi connectivity index (χ4n) is 4.69. The second kappa shape index (κ2) is 12.9. The van der Waals surface area contributed by atoms with Crippen molar-refractivity contribution in [3.05, 3.63) is 156 Å². The molecule has 0 N–H and O–H groups in total. The van der Waals surface area contributed by atoms with Crippen molar-refractivity contribution in [2.45, 2.75) is 27.7 Å². The zero-order valence-corrected chi connectivity index (χ0v) is 24.9. The van der Waals surface area contributed by atoms with Crippen molar-refractivity contribution < 1.29 is 22.4 Å². The Morgan fingerprint density at radius 1 is 0.487 bits per heavy atom. The van der Waals surface area contributed by atoms with Gasteiger partial charge >= 0.3 is 0 Å². The molecule has 0 aromatic heterocycles. The Labute approximate surface area is 248 Å². The average molecular weight is 693 g/mol. The molecule has 0 unspecified atom stereocenters. The Kier molecular flexibility index (Phi) is 9.32. The van der Waals surface area contributed by atoms with E-state index in [-0.39, 0.29) is 22.4 Å². The van der Waals surface area contributed by atoms with Crippen LogP contribution in [0.1, 0.15) is 22.3 Å². The zero-order valence-electron chi connectivity index (χ0n) is 22.8. The number of hydrogen-bond donors (Lipinski definition) is 0. The third kappa shape index (κ3) is 6.63. The van der Waals surface area contributed by atoms with Gasteiger partial charge < -0.3 is 15.1 Å². The number of anilines is 4. The molecule has 0 fully saturated rings. The minimum Gasteiger partial charge on any atom is -0.657 e. The van der Waals surface area contributed by atoms with E-state index in [9.17, 15) is 0 Å². The number of hydrogen-bond acceptors (Lipinski definition) is 2. The molecule has 1 radical (unpaired) electrons. The molecular formula is C35H33AuN3-2. The first-order chi connectivity index (χ1) is 18.5. The second-order valence-corrected chi connectivity index (χ2v) is 9.71. The van der Waals surface area contributed by atoms with E-state index in [4.69, 9.17) is 5.32 Å². The molecule has 1 aliphatic heterocycles. The van der Waals surface area contributed by atoms with Crippen LogP contribution in [0, 0.1) is 34.4 Å². The van der Waals surface area contributed by atoms with Gasteiger partial charge in [-0.05, 0) is 64.1 Å². The molecule has 1 heterocycles. The van der Waals surface area contributed by atoms with E-state index in [1.54, 1.807) is 0 Å². The van der Waals surface area contributed by atoms with Gasteiger partial charge in [0.15, 0.2) is 0 Å². The third-order valence-corrected chi connectivity index (χ3v) is 6.65. The van der Waals surface area contributed by atoms with E-state index in [0.717, 1.165) is 11.4 Å². The number of nitrogens with zero attached hydrogens (tertiary/aromatic N) is 3. The van der Waals surface area contributed by atoms with Crippen molar-refractivity contribution in [2.75, 3.05) is 9.80 Å². The molecule has 39 heavy (non-hydrogen) atoms. The van der Waals surface area contributed by atoms with Crippen LogP contribution in [-0.2, 0) is 22.4 Å². The van der Waals surface area contributed by atoms with Crippen molar-refractivity contribution in [3.63, 3.8) is 0 Å². The van der Waals surface area contributed by atoms with Crippen LogP contribution in [-0.4, -0.2) is 0 Å². The van der Waals surface area contributed by atoms with Gasteiger partial charge in [0.25, 0.3) is 0 Å². The number of fused-ring (bicyclic) bond motifs is 1. The first kappa shape index (κ1) is 28.3. The fourth-order valence-corrected chi connectivity index (χ4v) is 4.69. The Balaban J connectivity index is 0.000000181. The maximum absolute atomic E-state index is 4.72. The summed E-state index contributed by atoms with van der Waals surface area (Å²) in [5.74, 6) is 0. The van der Waals surface area contributed by atoms with Crippen LogP contribution in [0.15, 0.2) is 121 Å². The molecule has 0 saturated carbocycles. The molecule has 1 aliphatic rings. The molecular weight excluding hydrogens is 659 g/mol. The van der Waals surface area contributed by atoms with Gasteiger partial charge in [-0.25, -0.2) is 0 Å². The standard InChI is InChI=1S/C19H15N2.C16H18N.Au/c1-3-9-16(10-4-1)20-15-21(17-11-5-2-6-12-17)19-14-8-7-13-18(19)20;1-11-5-7-15(13(3)9-11)17-16-8-6-12(2)10-14(16)4;/h1-15H;5-10H,1-4H3;/q2*-1;. The quantitative estimate of drug-likeness (QED) is 0.138. The first-order valence-corrected chi connectivity index (χ1v) is 13.0. The van der Waals surface area contributed by atoms with Crippen LogP contribution in [0.3, 0.4) is 0 Å². The number of benzene rings is 5. The average Bonchev–Trinajstić information content (AvgIpc) is 3.33. The van der Waals surface area contributed by atoms with Gasteiger partial charge in [-0.15, -0.1) is 18.0 Å². The molecule has 5 aromatic carbocycles. The summed E-state index contributed by atoms with van der Waals surface area (Å²) < 4.78 is 0. The molecule has 6 rings (SSSR count). The maximum atomic E-state index is 4.72. The molecule has 0 amide bonds. The number of para-hydroxylation sites is 4. The third-order valence-electron chi connectivity index (χ3n) is 6.65. The van der Waals surface area contributed by atoms with Crippen molar-refractivity contribution in [3.8, 4) is 0 Å². The summed E-state index contributed by atoms with van der Waals surface area (Å²) in [5.41, 5.74) is 11.9. The van der Waals surface area contributed by atoms with E-state index in [1.165, 1.54) is 45.0 Å². The van der Waals surface area contributed by atoms with Gasteiger partial charge in [-0.3, -0.25) is 0 Å². The van der Waals surface area contributed by atoms with E-state index < -0.39 is 0 Å². The monoisotopic (exact) mass is 692 g/mol. The van der Waals surface area contributed by atoms with E-state index >= 15 is 0 Å². The number of aryl methyl sites for hydroxylation is 4. The smallest absolute Gasteiger partial charge is 0.0345 e. The summed E-state index contributed by atoms with van der Waals surface area (Å²) in [6.07, 6.45) is 0. The SMILES string of the molecule is Cc1ccc([N-]c2ccc(C)cc2C)c(C)c1.[Au].c1ccc(N2[CH-]N(c3ccccc3)c3ccccc32)cc1. The van der Waals surface area contributed by atoms with Gasteiger partial charge in [-0.1, -0.05) is 107 Å². The molecule has 0 aliphatic carbocycles. The van der Waals surface area contributed by atoms with Crippen LogP contribution in [0.5, 0.6) is 0 Å². The summed E-state index contributed by atoms with van der Waals surface area (Å²) in [7, 11) is 0. The maximum Gasteiger partial charge on any atom is 0.0345 e. The Morgan fingerprint density at radius 3 is 1.26 bits per heavy atom. The molecule has 5 aromatic rings. The predicted molar refractivity (Wildman–Crippen MR) is 162 cm³/mol. The zero-order chi connectivity index (χ0) is 26.5. The van der Waals surface area contributed by atoms with E-state index in [2.05, 4.69) is 153 Å². The summed E-state index contributed by atoms with van der Waals surface area (Å²) in [4.78, 5) is 4.45. The van der Waals surface area contributed by atoms with Gasteiger partial charge in [-0.2, -0.15) is 0 Å². The number of rotatable bonds is 4. The van der Waals surface area contributed by atoms with Crippen LogP contribution >= 0.6 is 0 Å². The van der Waals surface area contributed by atoms with Gasteiger partial charge in [0, 0.05) is 45.1 Å². The van der Waals surface area contributed by atoms with E-state index in [1.807, 2.05) is 12.1 Å². The second-order valence-electron chi connectivity index (χ2n) is 9.71. The molecule has 0 saturated heterocycles. The Morgan fingerprint density at radius 2 is 0.872 bits per heavy atom. The summed E-state index contributed by atoms with van der Waals surface area (Å²) in [6.45, 7) is 10.6. The van der Waals surface area contributed by atoms with Crippen LogP contribution in [0.25, 0.3) is 5.32 Å². The van der Waals surface area contributed by atoms with Gasteiger partial charge in [0.05, 0.1) is 0 Å². The molecule has 4 heteroatoms. The van der Waals surface area contributed by atoms with Crippen LogP contribution in [0.4, 0.5) is 34.1 Å². The van der Waals surface area contributed by atoms with Crippen molar-refractivity contribution in [2.24, 2.45) is 0 Å². The van der Waals surface area contributed by atoms with Crippen molar-refractivity contribution in [1.29, 1.82) is 0 Å². The minimum absolute atomic E-state index is 0. The minimum atomic E-state index is 0. The molecule has 0 bridgehead atoms. The molecule has 0 atom stereocenters. The van der Waals surface area contributed by atoms with E-state index in [0.29, 0.717) is 0 Å². The normalized spacial score (nSPS) is 11.7. The van der Waals surface area contributed by atoms with Crippen LogP contribution in [0.2, 0.25) is 0 Å². The first-order valence-electron chi connectivity index (χ1n) is 13.0. The molecule has 201 valence electrons. The fraction of sp³-hybridized carbons (Fsp3) is 0.114. The topological polar surface area (TPSA) is 20.6 Å². The van der Waals surface area contributed by atoms with Crippen molar-refractivity contribution in [1.82, 2.24) is 0 Å². The molecule has 3 nitrogen and oxygen atoms in total. The summed E-state index contributed by atoms with van der Waals surface area (Å²) in [6, 6.07) is 42.1. The Bertz CT molecular complexity index is 1400. The van der Waals surface area contributed by atoms with Gasteiger partial charge in [0.2, 0.25) is 0 Å². The molecule has 0 spiro atoms. The van der Waals surface area contributed by atoms with Gasteiger partial charge in [0.1, 0.15) is 0 Å². The summed E-state index contributed by atoms with van der Waals surface area (Å²) in [5, 5.41) is 4.72. The van der Waals surface area contributed by atoms with Crippen LogP contribution < -0.4 is 9.80 Å².